The van der Waals surface area contributed by atoms with Crippen LogP contribution in [0.3, 0.4) is 0 Å². The second-order valence-electron chi connectivity index (χ2n) is 3.38. The molecule has 0 radical (unpaired) electrons. The molecule has 0 amide bonds. The molecule has 0 atom stereocenters. The van der Waals surface area contributed by atoms with E-state index in [0.29, 0.717) is 0 Å². The molecular formula is C11H9NO2S. The highest BCUT2D eigenvalue weighted by molar-refractivity contribution is 7.16. The fourth-order valence-electron chi connectivity index (χ4n) is 1.77. The van der Waals surface area contributed by atoms with Crippen LogP contribution in [0.5, 0.6) is 5.75 Å². The molecule has 0 spiro atoms. The van der Waals surface area contributed by atoms with E-state index in [9.17, 15) is 0 Å². The van der Waals surface area contributed by atoms with Gasteiger partial charge >= 0.3 is 0 Å². The maximum absolute atomic E-state index is 5.61. The highest BCUT2D eigenvalue weighted by Crippen LogP contribution is 2.36. The van der Waals surface area contributed by atoms with Gasteiger partial charge in [-0.2, -0.15) is 0 Å². The number of methoxy groups -OCH3 is 1. The van der Waals surface area contributed by atoms with Crippen LogP contribution in [0.15, 0.2) is 22.1 Å². The van der Waals surface area contributed by atoms with Crippen molar-refractivity contribution in [3.05, 3.63) is 23.4 Å². The van der Waals surface area contributed by atoms with Gasteiger partial charge in [-0.05, 0) is 13.0 Å². The van der Waals surface area contributed by atoms with Crippen molar-refractivity contribution in [3.8, 4) is 5.75 Å². The summed E-state index contributed by atoms with van der Waals surface area (Å²) in [5.74, 6) is 1.65. The lowest BCUT2D eigenvalue weighted by Crippen LogP contribution is -1.82. The number of benzene rings is 1. The van der Waals surface area contributed by atoms with Crippen LogP contribution < -0.4 is 4.74 Å². The highest BCUT2D eigenvalue weighted by Gasteiger charge is 2.13. The Morgan fingerprint density at radius 1 is 1.40 bits per heavy atom. The van der Waals surface area contributed by atoms with Crippen molar-refractivity contribution in [1.29, 1.82) is 0 Å². The van der Waals surface area contributed by atoms with E-state index in [4.69, 9.17) is 9.15 Å². The normalized spacial score (nSPS) is 11.3. The van der Waals surface area contributed by atoms with Crippen LogP contribution in [0.2, 0.25) is 0 Å². The van der Waals surface area contributed by atoms with Crippen LogP contribution in [0.4, 0.5) is 0 Å². The number of hydrogen-bond acceptors (Lipinski definition) is 4. The number of hydrogen-bond donors (Lipinski definition) is 0. The lowest BCUT2D eigenvalue weighted by atomic mass is 10.2. The van der Waals surface area contributed by atoms with Crippen molar-refractivity contribution < 1.29 is 9.15 Å². The van der Waals surface area contributed by atoms with Crippen molar-refractivity contribution in [2.75, 3.05) is 7.11 Å². The van der Waals surface area contributed by atoms with Crippen LogP contribution in [-0.4, -0.2) is 12.1 Å². The number of rotatable bonds is 1. The third-order valence-electron chi connectivity index (χ3n) is 2.41. The smallest absolute Gasteiger partial charge is 0.178 e. The number of ether oxygens (including phenoxy) is 1. The number of aryl methyl sites for hydroxylation is 1. The molecule has 1 aromatic carbocycles. The number of fused-ring (bicyclic) bond motifs is 3. The molecule has 0 fully saturated rings. The van der Waals surface area contributed by atoms with Crippen molar-refractivity contribution >= 4 is 32.5 Å². The van der Waals surface area contributed by atoms with Gasteiger partial charge in [-0.15, -0.1) is 11.3 Å². The Bertz CT molecular complexity index is 638. The summed E-state index contributed by atoms with van der Waals surface area (Å²) in [6.07, 6.45) is 0. The second-order valence-corrected chi connectivity index (χ2v) is 4.26. The molecule has 2 aromatic heterocycles. The quantitative estimate of drug-likeness (QED) is 0.629. The molecule has 15 heavy (non-hydrogen) atoms. The van der Waals surface area contributed by atoms with Crippen LogP contribution >= 0.6 is 11.3 Å². The first-order valence-electron chi connectivity index (χ1n) is 4.60. The Hall–Kier alpha value is -1.55. The first-order valence-corrected chi connectivity index (χ1v) is 5.48. The predicted octanol–water partition coefficient (Wildman–Crippen LogP) is 3.36. The van der Waals surface area contributed by atoms with Gasteiger partial charge in [0.1, 0.15) is 5.76 Å². The largest absolute Gasteiger partial charge is 0.493 e. The number of thiazole rings is 1. The van der Waals surface area contributed by atoms with Crippen molar-refractivity contribution in [2.24, 2.45) is 0 Å². The standard InChI is InChI=1S/C11H9NO2S/c1-6-3-7-10-9(15-5-12-10)4-8(13-2)11(7)14-6/h3-5H,1-2H3. The summed E-state index contributed by atoms with van der Waals surface area (Å²) in [6, 6.07) is 3.97. The number of aromatic nitrogens is 1. The minimum absolute atomic E-state index is 0.773. The molecule has 3 nitrogen and oxygen atoms in total. The summed E-state index contributed by atoms with van der Waals surface area (Å²) in [6.45, 7) is 1.93. The summed E-state index contributed by atoms with van der Waals surface area (Å²) >= 11 is 1.61. The molecule has 0 saturated carbocycles. The summed E-state index contributed by atoms with van der Waals surface area (Å²) in [5.41, 5.74) is 3.62. The van der Waals surface area contributed by atoms with Crippen LogP contribution in [-0.2, 0) is 0 Å². The molecule has 4 heteroatoms. The summed E-state index contributed by atoms with van der Waals surface area (Å²) < 4.78 is 12.0. The third kappa shape index (κ3) is 1.15. The Morgan fingerprint density at radius 2 is 2.27 bits per heavy atom. The summed E-state index contributed by atoms with van der Waals surface area (Å²) in [5, 5.41) is 1.03. The zero-order valence-corrected chi connectivity index (χ0v) is 9.22. The Kier molecular flexibility index (Phi) is 1.73. The molecule has 76 valence electrons. The molecule has 0 N–H and O–H groups in total. The summed E-state index contributed by atoms with van der Waals surface area (Å²) in [4.78, 5) is 4.34. The van der Waals surface area contributed by atoms with Crippen molar-refractivity contribution in [2.45, 2.75) is 6.92 Å². The first-order chi connectivity index (χ1) is 7.29. The molecule has 3 rings (SSSR count). The van der Waals surface area contributed by atoms with E-state index in [1.54, 1.807) is 18.4 Å². The molecule has 2 heterocycles. The van der Waals surface area contributed by atoms with Gasteiger partial charge in [-0.25, -0.2) is 4.98 Å². The van der Waals surface area contributed by atoms with Gasteiger partial charge < -0.3 is 9.15 Å². The van der Waals surface area contributed by atoms with Gasteiger partial charge in [0.2, 0.25) is 0 Å². The highest BCUT2D eigenvalue weighted by atomic mass is 32.1. The average Bonchev–Trinajstić information content (AvgIpc) is 2.80. The topological polar surface area (TPSA) is 35.3 Å². The minimum atomic E-state index is 0.773. The van der Waals surface area contributed by atoms with Gasteiger partial charge in [0.05, 0.1) is 28.2 Å². The Balaban J connectivity index is 2.57. The van der Waals surface area contributed by atoms with Crippen LogP contribution in [0.25, 0.3) is 21.2 Å². The van der Waals surface area contributed by atoms with E-state index in [2.05, 4.69) is 4.98 Å². The lowest BCUT2D eigenvalue weighted by molar-refractivity contribution is 0.409. The molecule has 0 aliphatic rings. The summed E-state index contributed by atoms with van der Waals surface area (Å²) in [7, 11) is 1.65. The van der Waals surface area contributed by atoms with E-state index in [1.165, 1.54) is 0 Å². The van der Waals surface area contributed by atoms with E-state index in [1.807, 2.05) is 24.6 Å². The minimum Gasteiger partial charge on any atom is -0.493 e. The average molecular weight is 219 g/mol. The molecule has 0 aliphatic carbocycles. The second kappa shape index (κ2) is 2.97. The maximum atomic E-state index is 5.61. The van der Waals surface area contributed by atoms with Crippen LogP contribution in [0.1, 0.15) is 5.76 Å². The molecule has 0 unspecified atom stereocenters. The monoisotopic (exact) mass is 219 g/mol. The van der Waals surface area contributed by atoms with Gasteiger partial charge in [-0.3, -0.25) is 0 Å². The number of nitrogens with zero attached hydrogens (tertiary/aromatic N) is 1. The van der Waals surface area contributed by atoms with Crippen molar-refractivity contribution in [3.63, 3.8) is 0 Å². The van der Waals surface area contributed by atoms with Crippen molar-refractivity contribution in [1.82, 2.24) is 4.98 Å². The van der Waals surface area contributed by atoms with Gasteiger partial charge in [0.15, 0.2) is 11.3 Å². The van der Waals surface area contributed by atoms with E-state index >= 15 is 0 Å². The van der Waals surface area contributed by atoms with E-state index in [-0.39, 0.29) is 0 Å². The molecule has 0 saturated heterocycles. The van der Waals surface area contributed by atoms with Gasteiger partial charge in [0.25, 0.3) is 0 Å². The first kappa shape index (κ1) is 8.73. The lowest BCUT2D eigenvalue weighted by Gasteiger charge is -2.00. The predicted molar refractivity (Wildman–Crippen MR) is 60.7 cm³/mol. The zero-order chi connectivity index (χ0) is 10.4. The van der Waals surface area contributed by atoms with Gasteiger partial charge in [-0.1, -0.05) is 0 Å². The SMILES string of the molecule is COc1cc2scnc2c2cc(C)oc12. The van der Waals surface area contributed by atoms with E-state index in [0.717, 1.165) is 32.7 Å². The van der Waals surface area contributed by atoms with Gasteiger partial charge in [0, 0.05) is 6.07 Å². The van der Waals surface area contributed by atoms with Crippen LogP contribution in [0, 0.1) is 6.92 Å². The fourth-order valence-corrected chi connectivity index (χ4v) is 2.49. The third-order valence-corrected chi connectivity index (χ3v) is 3.19. The number of furan rings is 1. The Labute approximate surface area is 90.3 Å². The molecule has 0 aliphatic heterocycles. The molecule has 0 bridgehead atoms. The fraction of sp³-hybridized carbons (Fsp3) is 0.182. The Morgan fingerprint density at radius 3 is 3.07 bits per heavy atom. The zero-order valence-electron chi connectivity index (χ0n) is 8.40. The van der Waals surface area contributed by atoms with E-state index < -0.39 is 0 Å². The maximum Gasteiger partial charge on any atom is 0.178 e. The molecular weight excluding hydrogens is 210 g/mol. The molecule has 3 aromatic rings.